The summed E-state index contributed by atoms with van der Waals surface area (Å²) in [6.07, 6.45) is 0. The monoisotopic (exact) mass is 477 g/mol. The molecule has 0 aliphatic heterocycles. The molecular weight excluding hydrogens is 454 g/mol. The number of sulfonamides is 1. The largest absolute Gasteiger partial charge is 0.497 e. The fraction of sp³-hybridized carbons (Fsp3) is 0.238. The predicted octanol–water partition coefficient (Wildman–Crippen LogP) is 2.54. The highest BCUT2D eigenvalue weighted by Crippen LogP contribution is 2.33. The quantitative estimate of drug-likeness (QED) is 0.431. The SMILES string of the molecule is COc1ccc(S(=O)(=O)NCCNC(=O)c2csc(-c3ccc(OC)c(OC)c3)n2)cc1. The molecule has 0 saturated carbocycles. The Balaban J connectivity index is 1.55. The minimum absolute atomic E-state index is 0.0345. The first-order chi connectivity index (χ1) is 15.4. The second-order valence-electron chi connectivity index (χ2n) is 6.44. The Morgan fingerprint density at radius 2 is 1.69 bits per heavy atom. The van der Waals surface area contributed by atoms with E-state index in [-0.39, 0.29) is 23.7 Å². The molecule has 3 aromatic rings. The van der Waals surface area contributed by atoms with E-state index in [9.17, 15) is 13.2 Å². The third kappa shape index (κ3) is 5.55. The van der Waals surface area contributed by atoms with Crippen molar-refractivity contribution >= 4 is 27.3 Å². The van der Waals surface area contributed by atoms with Crippen LogP contribution in [0, 0.1) is 0 Å². The van der Waals surface area contributed by atoms with Crippen molar-refractivity contribution in [2.75, 3.05) is 34.4 Å². The van der Waals surface area contributed by atoms with E-state index >= 15 is 0 Å². The van der Waals surface area contributed by atoms with Crippen molar-refractivity contribution in [2.45, 2.75) is 4.90 Å². The number of hydrogen-bond acceptors (Lipinski definition) is 8. The van der Waals surface area contributed by atoms with E-state index in [2.05, 4.69) is 15.0 Å². The number of carbonyl (C=O) groups excluding carboxylic acids is 1. The van der Waals surface area contributed by atoms with Gasteiger partial charge in [0.05, 0.1) is 26.2 Å². The van der Waals surface area contributed by atoms with Crippen molar-refractivity contribution in [3.63, 3.8) is 0 Å². The van der Waals surface area contributed by atoms with E-state index in [1.165, 1.54) is 30.6 Å². The van der Waals surface area contributed by atoms with Gasteiger partial charge >= 0.3 is 0 Å². The summed E-state index contributed by atoms with van der Waals surface area (Å²) < 4.78 is 42.6. The Morgan fingerprint density at radius 1 is 0.969 bits per heavy atom. The van der Waals surface area contributed by atoms with Gasteiger partial charge in [0.2, 0.25) is 10.0 Å². The summed E-state index contributed by atoms with van der Waals surface area (Å²) in [4.78, 5) is 16.9. The molecule has 9 nitrogen and oxygen atoms in total. The third-order valence-corrected chi connectivity index (χ3v) is 6.81. The number of thiazole rings is 1. The minimum Gasteiger partial charge on any atom is -0.497 e. The second-order valence-corrected chi connectivity index (χ2v) is 9.06. The molecule has 2 N–H and O–H groups in total. The summed E-state index contributed by atoms with van der Waals surface area (Å²) in [6.45, 7) is 0.143. The number of aromatic nitrogens is 1. The Kier molecular flexibility index (Phi) is 7.67. The fourth-order valence-corrected chi connectivity index (χ4v) is 4.60. The fourth-order valence-electron chi connectivity index (χ4n) is 2.77. The molecule has 0 radical (unpaired) electrons. The molecule has 0 atom stereocenters. The number of ether oxygens (including phenoxy) is 3. The van der Waals surface area contributed by atoms with Gasteiger partial charge in [-0.2, -0.15) is 0 Å². The van der Waals surface area contributed by atoms with E-state index in [1.807, 2.05) is 6.07 Å². The lowest BCUT2D eigenvalue weighted by Gasteiger charge is -2.08. The summed E-state index contributed by atoms with van der Waals surface area (Å²) in [7, 11) is 0.922. The summed E-state index contributed by atoms with van der Waals surface area (Å²) in [6, 6.07) is 11.4. The predicted molar refractivity (Wildman–Crippen MR) is 121 cm³/mol. The van der Waals surface area contributed by atoms with Crippen molar-refractivity contribution in [2.24, 2.45) is 0 Å². The Hall–Kier alpha value is -3.15. The lowest BCUT2D eigenvalue weighted by Crippen LogP contribution is -2.34. The van der Waals surface area contributed by atoms with Crippen LogP contribution in [0.3, 0.4) is 0 Å². The third-order valence-electron chi connectivity index (χ3n) is 4.44. The van der Waals surface area contributed by atoms with Crippen LogP contribution in [0.25, 0.3) is 10.6 Å². The molecule has 11 heteroatoms. The first-order valence-electron chi connectivity index (χ1n) is 9.48. The van der Waals surface area contributed by atoms with Gasteiger partial charge in [-0.15, -0.1) is 11.3 Å². The molecule has 0 spiro atoms. The van der Waals surface area contributed by atoms with Gasteiger partial charge in [0.1, 0.15) is 16.5 Å². The maximum absolute atomic E-state index is 12.4. The maximum Gasteiger partial charge on any atom is 0.270 e. The van der Waals surface area contributed by atoms with Crippen molar-refractivity contribution in [3.05, 3.63) is 53.5 Å². The van der Waals surface area contributed by atoms with Gasteiger partial charge in [-0.25, -0.2) is 18.1 Å². The Labute approximate surface area is 190 Å². The smallest absolute Gasteiger partial charge is 0.270 e. The lowest BCUT2D eigenvalue weighted by molar-refractivity contribution is 0.0950. The van der Waals surface area contributed by atoms with Crippen LogP contribution < -0.4 is 24.2 Å². The number of carbonyl (C=O) groups is 1. The van der Waals surface area contributed by atoms with Crippen molar-refractivity contribution < 1.29 is 27.4 Å². The number of methoxy groups -OCH3 is 3. The summed E-state index contributed by atoms with van der Waals surface area (Å²) in [5, 5.41) is 4.95. The second kappa shape index (κ2) is 10.4. The number of amides is 1. The van der Waals surface area contributed by atoms with Crippen LogP contribution in [-0.2, 0) is 10.0 Å². The van der Waals surface area contributed by atoms with Crippen LogP contribution in [-0.4, -0.2) is 53.7 Å². The van der Waals surface area contributed by atoms with Crippen LogP contribution in [0.1, 0.15) is 10.5 Å². The molecule has 0 fully saturated rings. The Bertz CT molecular complexity index is 1180. The van der Waals surface area contributed by atoms with Gasteiger partial charge in [0.15, 0.2) is 11.5 Å². The first-order valence-corrected chi connectivity index (χ1v) is 11.8. The highest BCUT2D eigenvalue weighted by Gasteiger charge is 2.15. The van der Waals surface area contributed by atoms with Gasteiger partial charge < -0.3 is 19.5 Å². The summed E-state index contributed by atoms with van der Waals surface area (Å²) in [5.41, 5.74) is 1.04. The zero-order valence-corrected chi connectivity index (χ0v) is 19.4. The van der Waals surface area contributed by atoms with Crippen LogP contribution in [0.4, 0.5) is 0 Å². The molecule has 0 saturated heterocycles. The van der Waals surface area contributed by atoms with Gasteiger partial charge in [-0.3, -0.25) is 4.79 Å². The molecule has 170 valence electrons. The average molecular weight is 478 g/mol. The molecular formula is C21H23N3O6S2. The Morgan fingerprint density at radius 3 is 2.34 bits per heavy atom. The standard InChI is InChI=1S/C21H23N3O6S2/c1-28-15-5-7-16(8-6-15)32(26,27)23-11-10-22-20(25)17-13-31-21(24-17)14-4-9-18(29-2)19(12-14)30-3/h4-9,12-13,23H,10-11H2,1-3H3,(H,22,25). The van der Waals surface area contributed by atoms with Gasteiger partial charge in [-0.05, 0) is 42.5 Å². The topological polar surface area (TPSA) is 116 Å². The molecule has 0 bridgehead atoms. The molecule has 32 heavy (non-hydrogen) atoms. The van der Waals surface area contributed by atoms with Crippen molar-refractivity contribution in [1.29, 1.82) is 0 Å². The van der Waals surface area contributed by atoms with E-state index in [0.717, 1.165) is 5.56 Å². The highest BCUT2D eigenvalue weighted by atomic mass is 32.2. The van der Waals surface area contributed by atoms with Crippen LogP contribution in [0.15, 0.2) is 52.7 Å². The molecule has 0 aliphatic carbocycles. The molecule has 1 amide bonds. The molecule has 0 aliphatic rings. The number of benzene rings is 2. The van der Waals surface area contributed by atoms with Gasteiger partial charge in [0.25, 0.3) is 5.91 Å². The van der Waals surface area contributed by atoms with Crippen molar-refractivity contribution in [1.82, 2.24) is 15.0 Å². The maximum atomic E-state index is 12.4. The molecule has 1 aromatic heterocycles. The zero-order valence-electron chi connectivity index (χ0n) is 17.7. The van der Waals surface area contributed by atoms with Crippen LogP contribution in [0.5, 0.6) is 17.2 Å². The molecule has 3 rings (SSSR count). The average Bonchev–Trinajstić information content (AvgIpc) is 3.31. The lowest BCUT2D eigenvalue weighted by atomic mass is 10.2. The van der Waals surface area contributed by atoms with E-state index in [1.54, 1.807) is 43.9 Å². The van der Waals surface area contributed by atoms with Gasteiger partial charge in [0, 0.05) is 24.0 Å². The highest BCUT2D eigenvalue weighted by molar-refractivity contribution is 7.89. The summed E-state index contributed by atoms with van der Waals surface area (Å²) in [5.74, 6) is 1.33. The first kappa shape index (κ1) is 23.5. The molecule has 0 unspecified atom stereocenters. The molecule has 1 heterocycles. The van der Waals surface area contributed by atoms with Crippen LogP contribution in [0.2, 0.25) is 0 Å². The number of hydrogen-bond donors (Lipinski definition) is 2. The number of nitrogens with one attached hydrogen (secondary N) is 2. The summed E-state index contributed by atoms with van der Waals surface area (Å²) >= 11 is 1.32. The van der Waals surface area contributed by atoms with Crippen LogP contribution >= 0.6 is 11.3 Å². The van der Waals surface area contributed by atoms with E-state index < -0.39 is 15.9 Å². The number of nitrogens with zero attached hydrogens (tertiary/aromatic N) is 1. The number of rotatable bonds is 10. The van der Waals surface area contributed by atoms with Crippen molar-refractivity contribution in [3.8, 4) is 27.8 Å². The normalized spacial score (nSPS) is 11.1. The molecule has 2 aromatic carbocycles. The minimum atomic E-state index is -3.68. The van der Waals surface area contributed by atoms with Gasteiger partial charge in [-0.1, -0.05) is 0 Å². The van der Waals surface area contributed by atoms with E-state index in [4.69, 9.17) is 14.2 Å². The zero-order chi connectivity index (χ0) is 23.1. The van der Waals surface area contributed by atoms with E-state index in [0.29, 0.717) is 22.3 Å².